The average molecular weight is 645 g/mol. The SMILES string of the molecule is CCCCN(C(=O)CN1C[C@H](c2ccc3c(c2)OCO3)[C@@H](C(=O)O)[C@@H]1CCCc1ccccc1OC)c1cccc(C[N+](C)(C)C)c1. The Bertz CT molecular complexity index is 1540. The number of likely N-dealkylation sites (tertiary alicyclic amines) is 1. The van der Waals surface area contributed by atoms with Crippen LogP contribution >= 0.6 is 0 Å². The molecule has 0 bridgehead atoms. The fraction of sp³-hybridized carbons (Fsp3) is 0.474. The molecule has 3 atom stereocenters. The number of aliphatic carboxylic acids is 1. The molecule has 0 radical (unpaired) electrons. The number of nitrogens with zero attached hydrogens (tertiary/aromatic N) is 3. The van der Waals surface area contributed by atoms with Crippen LogP contribution in [0, 0.1) is 5.92 Å². The van der Waals surface area contributed by atoms with Crippen LogP contribution in [0.5, 0.6) is 17.2 Å². The zero-order valence-corrected chi connectivity index (χ0v) is 28.5. The van der Waals surface area contributed by atoms with E-state index in [2.05, 4.69) is 51.2 Å². The molecule has 1 amide bonds. The van der Waals surface area contributed by atoms with E-state index in [0.29, 0.717) is 31.0 Å². The van der Waals surface area contributed by atoms with E-state index in [1.807, 2.05) is 53.4 Å². The number of methoxy groups -OCH3 is 1. The molecule has 1 fully saturated rings. The van der Waals surface area contributed by atoms with Crippen molar-refractivity contribution in [1.29, 1.82) is 0 Å². The van der Waals surface area contributed by atoms with Crippen molar-refractivity contribution in [2.75, 3.05) is 59.6 Å². The number of hydrogen-bond donors (Lipinski definition) is 1. The van der Waals surface area contributed by atoms with Crippen LogP contribution in [0.25, 0.3) is 0 Å². The number of benzene rings is 3. The van der Waals surface area contributed by atoms with Gasteiger partial charge in [-0.1, -0.05) is 49.7 Å². The zero-order valence-electron chi connectivity index (χ0n) is 28.5. The number of carbonyl (C=O) groups is 2. The molecule has 0 unspecified atom stereocenters. The van der Waals surface area contributed by atoms with E-state index in [1.54, 1.807) is 7.11 Å². The van der Waals surface area contributed by atoms with Crippen LogP contribution in [0.4, 0.5) is 5.69 Å². The van der Waals surface area contributed by atoms with Gasteiger partial charge in [-0.2, -0.15) is 0 Å². The summed E-state index contributed by atoms with van der Waals surface area (Å²) >= 11 is 0. The fourth-order valence-electron chi connectivity index (χ4n) is 7.09. The summed E-state index contributed by atoms with van der Waals surface area (Å²) in [6.45, 7) is 4.35. The van der Waals surface area contributed by atoms with Gasteiger partial charge in [0, 0.05) is 36.3 Å². The van der Waals surface area contributed by atoms with Gasteiger partial charge < -0.3 is 28.7 Å². The van der Waals surface area contributed by atoms with Crippen molar-refractivity contribution in [3.05, 3.63) is 83.4 Å². The summed E-state index contributed by atoms with van der Waals surface area (Å²) in [7, 11) is 8.14. The number of rotatable bonds is 15. The topological polar surface area (TPSA) is 88.5 Å². The highest BCUT2D eigenvalue weighted by Gasteiger charge is 2.47. The number of carbonyl (C=O) groups excluding carboxylic acids is 1. The number of para-hydroxylation sites is 1. The van der Waals surface area contributed by atoms with E-state index in [1.165, 1.54) is 5.56 Å². The second kappa shape index (κ2) is 15.2. The first-order valence-corrected chi connectivity index (χ1v) is 16.8. The van der Waals surface area contributed by atoms with Gasteiger partial charge in [-0.15, -0.1) is 0 Å². The molecule has 252 valence electrons. The summed E-state index contributed by atoms with van der Waals surface area (Å²) in [6.07, 6.45) is 4.00. The number of anilines is 1. The van der Waals surface area contributed by atoms with Crippen molar-refractivity contribution in [3.8, 4) is 17.2 Å². The first-order chi connectivity index (χ1) is 22.6. The number of aryl methyl sites for hydroxylation is 1. The molecule has 2 aliphatic heterocycles. The fourth-order valence-corrected chi connectivity index (χ4v) is 7.09. The largest absolute Gasteiger partial charge is 0.496 e. The highest BCUT2D eigenvalue weighted by atomic mass is 16.7. The quantitative estimate of drug-likeness (QED) is 0.205. The van der Waals surface area contributed by atoms with Gasteiger partial charge in [0.25, 0.3) is 0 Å². The molecule has 47 heavy (non-hydrogen) atoms. The smallest absolute Gasteiger partial charge is 0.308 e. The molecule has 3 aromatic rings. The Kier molecular flexibility index (Phi) is 11.1. The molecule has 9 heteroatoms. The van der Waals surface area contributed by atoms with Gasteiger partial charge in [0.15, 0.2) is 11.5 Å². The lowest BCUT2D eigenvalue weighted by molar-refractivity contribution is -0.884. The first-order valence-electron chi connectivity index (χ1n) is 16.8. The Morgan fingerprint density at radius 3 is 2.53 bits per heavy atom. The van der Waals surface area contributed by atoms with Gasteiger partial charge >= 0.3 is 5.97 Å². The van der Waals surface area contributed by atoms with Crippen molar-refractivity contribution >= 4 is 17.6 Å². The van der Waals surface area contributed by atoms with Gasteiger partial charge in [-0.3, -0.25) is 14.5 Å². The van der Waals surface area contributed by atoms with Crippen molar-refractivity contribution in [2.45, 2.75) is 57.5 Å². The maximum Gasteiger partial charge on any atom is 0.308 e. The Balaban J connectivity index is 1.42. The summed E-state index contributed by atoms with van der Waals surface area (Å²) in [5.74, 6) is 0.289. The lowest BCUT2D eigenvalue weighted by atomic mass is 9.83. The van der Waals surface area contributed by atoms with Gasteiger partial charge in [-0.25, -0.2) is 0 Å². The minimum atomic E-state index is -0.847. The molecule has 1 saturated heterocycles. The molecule has 0 saturated carbocycles. The summed E-state index contributed by atoms with van der Waals surface area (Å²) < 4.78 is 17.5. The highest BCUT2D eigenvalue weighted by Crippen LogP contribution is 2.43. The monoisotopic (exact) mass is 644 g/mol. The van der Waals surface area contributed by atoms with Crippen LogP contribution in [-0.2, 0) is 22.6 Å². The van der Waals surface area contributed by atoms with E-state index in [-0.39, 0.29) is 31.2 Å². The van der Waals surface area contributed by atoms with Crippen LogP contribution in [-0.4, -0.2) is 87.1 Å². The molecule has 0 aliphatic carbocycles. The number of carboxylic acid groups (broad SMARTS) is 1. The van der Waals surface area contributed by atoms with Gasteiger partial charge in [0.2, 0.25) is 12.7 Å². The minimum Gasteiger partial charge on any atom is -0.496 e. The van der Waals surface area contributed by atoms with Crippen LogP contribution in [0.1, 0.15) is 55.2 Å². The third kappa shape index (κ3) is 8.45. The number of unbranched alkanes of at least 4 members (excludes halogenated alkanes) is 1. The Morgan fingerprint density at radius 1 is 1.00 bits per heavy atom. The van der Waals surface area contributed by atoms with Crippen LogP contribution in [0.15, 0.2) is 66.7 Å². The first kappa shape index (κ1) is 34.3. The zero-order chi connectivity index (χ0) is 33.6. The number of fused-ring (bicyclic) bond motifs is 1. The molecule has 1 N–H and O–H groups in total. The van der Waals surface area contributed by atoms with E-state index < -0.39 is 11.9 Å². The van der Waals surface area contributed by atoms with E-state index in [9.17, 15) is 14.7 Å². The predicted molar refractivity (Wildman–Crippen MR) is 183 cm³/mol. The van der Waals surface area contributed by atoms with Gasteiger partial charge in [0.05, 0.1) is 40.7 Å². The molecule has 2 heterocycles. The Hall–Kier alpha value is -4.08. The minimum absolute atomic E-state index is 0.00828. The standard InChI is InChI=1S/C38H49N3O6/c1-6-7-20-40(30-15-10-12-27(21-30)25-41(2,3)4)36(42)24-39-23-31(29-18-19-34-35(22-29)47-26-46-34)37(38(43)44)32(39)16-11-14-28-13-8-9-17-33(28)45-5/h8-10,12-13,15,17-19,21-22,31-32,37H,6-7,11,14,16,20,23-26H2,1-5H3/p+1/t31-,32+,37-/m1/s1. The predicted octanol–water partition coefficient (Wildman–Crippen LogP) is 5.95. The highest BCUT2D eigenvalue weighted by molar-refractivity contribution is 5.95. The van der Waals surface area contributed by atoms with Gasteiger partial charge in [-0.05, 0) is 67.1 Å². The van der Waals surface area contributed by atoms with Crippen molar-refractivity contribution < 1.29 is 33.4 Å². The number of hydrogen-bond acceptors (Lipinski definition) is 6. The molecule has 5 rings (SSSR count). The van der Waals surface area contributed by atoms with Crippen LogP contribution in [0.2, 0.25) is 0 Å². The Morgan fingerprint density at radius 2 is 1.79 bits per heavy atom. The van der Waals surface area contributed by atoms with E-state index in [0.717, 1.165) is 59.3 Å². The summed E-state index contributed by atoms with van der Waals surface area (Å²) in [6, 6.07) is 21.6. The molecule has 2 aliphatic rings. The Labute approximate surface area is 279 Å². The molecule has 3 aromatic carbocycles. The molecule has 0 aromatic heterocycles. The number of quaternary nitrogens is 1. The van der Waals surface area contributed by atoms with Gasteiger partial charge in [0.1, 0.15) is 12.3 Å². The van der Waals surface area contributed by atoms with Crippen molar-refractivity contribution in [2.24, 2.45) is 5.92 Å². The van der Waals surface area contributed by atoms with Crippen LogP contribution < -0.4 is 19.1 Å². The third-order valence-corrected chi connectivity index (χ3v) is 9.25. The summed E-state index contributed by atoms with van der Waals surface area (Å²) in [4.78, 5) is 31.3. The molecule has 9 nitrogen and oxygen atoms in total. The maximum atomic E-state index is 14.3. The van der Waals surface area contributed by atoms with Crippen molar-refractivity contribution in [1.82, 2.24) is 4.90 Å². The average Bonchev–Trinajstić information content (AvgIpc) is 3.65. The molecular weight excluding hydrogens is 594 g/mol. The third-order valence-electron chi connectivity index (χ3n) is 9.25. The van der Waals surface area contributed by atoms with Crippen molar-refractivity contribution in [3.63, 3.8) is 0 Å². The lowest BCUT2D eigenvalue weighted by Crippen LogP contribution is -2.44. The van der Waals surface area contributed by atoms with E-state index >= 15 is 0 Å². The van der Waals surface area contributed by atoms with E-state index in [4.69, 9.17) is 14.2 Å². The summed E-state index contributed by atoms with van der Waals surface area (Å²) in [5.41, 5.74) is 4.05. The lowest BCUT2D eigenvalue weighted by Gasteiger charge is -2.30. The van der Waals surface area contributed by atoms with Crippen LogP contribution in [0.3, 0.4) is 0 Å². The maximum absolute atomic E-state index is 14.3. The molecule has 0 spiro atoms. The normalized spacial score (nSPS) is 19.1. The number of carboxylic acids is 1. The molecular formula is C38H50N3O6+. The summed E-state index contributed by atoms with van der Waals surface area (Å²) in [5, 5.41) is 10.7. The second-order valence-corrected chi connectivity index (χ2v) is 13.8. The second-order valence-electron chi connectivity index (χ2n) is 13.8. The number of ether oxygens (including phenoxy) is 3. The number of amides is 1.